The summed E-state index contributed by atoms with van der Waals surface area (Å²) in [4.78, 5) is 15.2. The fourth-order valence-electron chi connectivity index (χ4n) is 1.82. The average molecular weight is 347 g/mol. The minimum atomic E-state index is 0.558. The highest BCUT2D eigenvalue weighted by Gasteiger charge is 2.04. The SMILES string of the molecule is COc1ccc(Br)cc1/C=N/Nc1ncnc2nc[nH]c12. The Morgan fingerprint density at radius 2 is 2.24 bits per heavy atom. The molecular weight excluding hydrogens is 336 g/mol. The molecule has 106 valence electrons. The molecule has 0 fully saturated rings. The summed E-state index contributed by atoms with van der Waals surface area (Å²) in [6, 6.07) is 5.68. The van der Waals surface area contributed by atoms with Crippen molar-refractivity contribution in [3.05, 3.63) is 40.9 Å². The first kappa shape index (κ1) is 13.5. The van der Waals surface area contributed by atoms with E-state index in [-0.39, 0.29) is 0 Å². The molecule has 0 spiro atoms. The van der Waals surface area contributed by atoms with Gasteiger partial charge in [-0.2, -0.15) is 5.10 Å². The molecule has 3 aromatic rings. The number of aromatic nitrogens is 4. The molecule has 3 rings (SSSR count). The van der Waals surface area contributed by atoms with Crippen molar-refractivity contribution < 1.29 is 4.74 Å². The standard InChI is InChI=1S/C13H11BrN6O/c1-21-10-3-2-9(14)4-8(10)5-19-20-13-11-12(16-6-15-11)17-7-18-13/h2-7H,1H3,(H2,15,16,17,18,20)/b19-5+. The Morgan fingerprint density at radius 3 is 3.10 bits per heavy atom. The van der Waals surface area contributed by atoms with Crippen molar-refractivity contribution in [2.24, 2.45) is 5.10 Å². The Bertz CT molecular complexity index is 800. The van der Waals surface area contributed by atoms with Gasteiger partial charge in [0, 0.05) is 10.0 Å². The molecule has 0 aliphatic carbocycles. The molecule has 2 heterocycles. The molecule has 0 unspecified atom stereocenters. The van der Waals surface area contributed by atoms with E-state index < -0.39 is 0 Å². The molecule has 1 aromatic carbocycles. The third kappa shape index (κ3) is 2.84. The molecule has 0 bridgehead atoms. The summed E-state index contributed by atoms with van der Waals surface area (Å²) in [7, 11) is 1.62. The predicted molar refractivity (Wildman–Crippen MR) is 83.6 cm³/mol. The first-order chi connectivity index (χ1) is 10.3. The molecular formula is C13H11BrN6O. The number of rotatable bonds is 4. The maximum absolute atomic E-state index is 5.28. The van der Waals surface area contributed by atoms with Crippen LogP contribution in [0, 0.1) is 0 Å². The number of methoxy groups -OCH3 is 1. The lowest BCUT2D eigenvalue weighted by Gasteiger charge is -2.04. The Labute approximate surface area is 128 Å². The predicted octanol–water partition coefficient (Wildman–Crippen LogP) is 2.57. The van der Waals surface area contributed by atoms with Crippen molar-refractivity contribution in [2.75, 3.05) is 12.5 Å². The number of hydrazone groups is 1. The second-order valence-electron chi connectivity index (χ2n) is 4.08. The van der Waals surface area contributed by atoms with Crippen LogP contribution in [-0.4, -0.2) is 33.3 Å². The summed E-state index contributed by atoms with van der Waals surface area (Å²) in [6.07, 6.45) is 4.65. The van der Waals surface area contributed by atoms with Crippen molar-refractivity contribution in [1.29, 1.82) is 0 Å². The fourth-order valence-corrected chi connectivity index (χ4v) is 2.20. The van der Waals surface area contributed by atoms with Gasteiger partial charge in [-0.15, -0.1) is 0 Å². The van der Waals surface area contributed by atoms with Crippen LogP contribution in [0.15, 0.2) is 40.4 Å². The topological polar surface area (TPSA) is 88.1 Å². The number of nitrogens with one attached hydrogen (secondary N) is 2. The fraction of sp³-hybridized carbons (Fsp3) is 0.0769. The van der Waals surface area contributed by atoms with Crippen LogP contribution < -0.4 is 10.2 Å². The highest BCUT2D eigenvalue weighted by Crippen LogP contribution is 2.21. The molecule has 0 amide bonds. The van der Waals surface area contributed by atoms with Gasteiger partial charge in [-0.05, 0) is 18.2 Å². The third-order valence-electron chi connectivity index (χ3n) is 2.79. The number of aromatic amines is 1. The number of benzene rings is 1. The van der Waals surface area contributed by atoms with Gasteiger partial charge < -0.3 is 9.72 Å². The first-order valence-corrected chi connectivity index (χ1v) is 6.84. The summed E-state index contributed by atoms with van der Waals surface area (Å²) in [6.45, 7) is 0. The maximum Gasteiger partial charge on any atom is 0.182 e. The number of nitrogens with zero attached hydrogens (tertiary/aromatic N) is 4. The van der Waals surface area contributed by atoms with Crippen LogP contribution in [0.4, 0.5) is 5.82 Å². The number of hydrogen-bond acceptors (Lipinski definition) is 6. The third-order valence-corrected chi connectivity index (χ3v) is 3.28. The second kappa shape index (κ2) is 5.88. The zero-order valence-corrected chi connectivity index (χ0v) is 12.6. The molecule has 21 heavy (non-hydrogen) atoms. The Morgan fingerprint density at radius 1 is 1.33 bits per heavy atom. The van der Waals surface area contributed by atoms with Crippen molar-refractivity contribution in [3.8, 4) is 5.75 Å². The number of imidazole rings is 1. The Balaban J connectivity index is 1.84. The van der Waals surface area contributed by atoms with E-state index in [0.29, 0.717) is 17.0 Å². The quantitative estimate of drug-likeness (QED) is 0.559. The lowest BCUT2D eigenvalue weighted by molar-refractivity contribution is 0.414. The van der Waals surface area contributed by atoms with Crippen molar-refractivity contribution in [3.63, 3.8) is 0 Å². The van der Waals surface area contributed by atoms with Gasteiger partial charge in [0.1, 0.15) is 17.6 Å². The van der Waals surface area contributed by atoms with Gasteiger partial charge in [-0.3, -0.25) is 5.43 Å². The smallest absolute Gasteiger partial charge is 0.182 e. The highest BCUT2D eigenvalue weighted by molar-refractivity contribution is 9.10. The lowest BCUT2D eigenvalue weighted by atomic mass is 10.2. The number of anilines is 1. The first-order valence-electron chi connectivity index (χ1n) is 6.04. The van der Waals surface area contributed by atoms with E-state index in [4.69, 9.17) is 4.74 Å². The van der Waals surface area contributed by atoms with E-state index in [1.54, 1.807) is 19.7 Å². The van der Waals surface area contributed by atoms with Gasteiger partial charge in [0.05, 0.1) is 19.7 Å². The normalized spacial score (nSPS) is 11.1. The lowest BCUT2D eigenvalue weighted by Crippen LogP contribution is -1.97. The molecule has 2 N–H and O–H groups in total. The van der Waals surface area contributed by atoms with E-state index in [1.165, 1.54) is 6.33 Å². The molecule has 0 aliphatic heterocycles. The number of H-pyrrole nitrogens is 1. The van der Waals surface area contributed by atoms with Gasteiger partial charge in [-0.25, -0.2) is 15.0 Å². The zero-order chi connectivity index (χ0) is 14.7. The molecule has 2 aromatic heterocycles. The van der Waals surface area contributed by atoms with Crippen LogP contribution in [0.1, 0.15) is 5.56 Å². The maximum atomic E-state index is 5.28. The highest BCUT2D eigenvalue weighted by atomic mass is 79.9. The summed E-state index contributed by atoms with van der Waals surface area (Å²) < 4.78 is 6.23. The van der Waals surface area contributed by atoms with E-state index >= 15 is 0 Å². The number of ether oxygens (including phenoxy) is 1. The average Bonchev–Trinajstić information content (AvgIpc) is 2.97. The largest absolute Gasteiger partial charge is 0.496 e. The van der Waals surface area contributed by atoms with Crippen LogP contribution in [-0.2, 0) is 0 Å². The minimum absolute atomic E-state index is 0.558. The van der Waals surface area contributed by atoms with Gasteiger partial charge in [0.2, 0.25) is 0 Å². The van der Waals surface area contributed by atoms with Gasteiger partial charge >= 0.3 is 0 Å². The van der Waals surface area contributed by atoms with Crippen LogP contribution in [0.3, 0.4) is 0 Å². The van der Waals surface area contributed by atoms with E-state index in [1.807, 2.05) is 18.2 Å². The number of fused-ring (bicyclic) bond motifs is 1. The molecule has 7 nitrogen and oxygen atoms in total. The number of halogens is 1. The molecule has 0 saturated carbocycles. The molecule has 8 heteroatoms. The van der Waals surface area contributed by atoms with Crippen molar-refractivity contribution >= 4 is 39.1 Å². The monoisotopic (exact) mass is 346 g/mol. The van der Waals surface area contributed by atoms with Crippen LogP contribution >= 0.6 is 15.9 Å². The summed E-state index contributed by atoms with van der Waals surface area (Å²) >= 11 is 3.42. The molecule has 0 radical (unpaired) electrons. The minimum Gasteiger partial charge on any atom is -0.496 e. The van der Waals surface area contributed by atoms with E-state index in [2.05, 4.69) is 46.4 Å². The Kier molecular flexibility index (Phi) is 3.78. The van der Waals surface area contributed by atoms with E-state index in [0.717, 1.165) is 15.8 Å². The van der Waals surface area contributed by atoms with Crippen LogP contribution in [0.25, 0.3) is 11.2 Å². The summed E-state index contributed by atoms with van der Waals surface area (Å²) in [5.74, 6) is 1.29. The van der Waals surface area contributed by atoms with E-state index in [9.17, 15) is 0 Å². The Hall–Kier alpha value is -2.48. The summed E-state index contributed by atoms with van der Waals surface area (Å²) in [5.41, 5.74) is 5.00. The van der Waals surface area contributed by atoms with Crippen molar-refractivity contribution in [2.45, 2.75) is 0 Å². The second-order valence-corrected chi connectivity index (χ2v) is 5.00. The molecule has 0 aliphatic rings. The summed E-state index contributed by atoms with van der Waals surface area (Å²) in [5, 5.41) is 4.18. The van der Waals surface area contributed by atoms with Gasteiger partial charge in [0.25, 0.3) is 0 Å². The van der Waals surface area contributed by atoms with Crippen LogP contribution in [0.2, 0.25) is 0 Å². The molecule has 0 saturated heterocycles. The van der Waals surface area contributed by atoms with Crippen LogP contribution in [0.5, 0.6) is 5.75 Å². The zero-order valence-electron chi connectivity index (χ0n) is 11.0. The number of hydrogen-bond donors (Lipinski definition) is 2. The van der Waals surface area contributed by atoms with Gasteiger partial charge in [0.15, 0.2) is 11.5 Å². The van der Waals surface area contributed by atoms with Gasteiger partial charge in [-0.1, -0.05) is 15.9 Å². The molecule has 0 atom stereocenters. The van der Waals surface area contributed by atoms with Crippen molar-refractivity contribution in [1.82, 2.24) is 19.9 Å².